The van der Waals surface area contributed by atoms with E-state index < -0.39 is 6.10 Å². The molecule has 22 heavy (non-hydrogen) atoms. The van der Waals surface area contributed by atoms with Crippen LogP contribution in [-0.4, -0.2) is 17.6 Å². The van der Waals surface area contributed by atoms with Gasteiger partial charge in [0.05, 0.1) is 6.10 Å². The van der Waals surface area contributed by atoms with Crippen LogP contribution >= 0.6 is 22.7 Å². The minimum Gasteiger partial charge on any atom is -0.388 e. The number of carbonyl (C=O) groups is 1. The molecule has 3 rings (SSSR count). The Morgan fingerprint density at radius 1 is 1.36 bits per heavy atom. The number of amides is 1. The van der Waals surface area contributed by atoms with Crippen LogP contribution < -0.4 is 5.32 Å². The number of aliphatic hydroxyl groups excluding tert-OH is 1. The van der Waals surface area contributed by atoms with Crippen LogP contribution in [0.2, 0.25) is 0 Å². The van der Waals surface area contributed by atoms with E-state index in [9.17, 15) is 9.90 Å². The van der Waals surface area contributed by atoms with E-state index in [0.717, 1.165) is 23.3 Å². The van der Waals surface area contributed by atoms with Gasteiger partial charge in [0, 0.05) is 32.7 Å². The van der Waals surface area contributed by atoms with E-state index in [0.29, 0.717) is 6.54 Å². The van der Waals surface area contributed by atoms with Crippen LogP contribution in [-0.2, 0) is 5.41 Å². The molecule has 1 fully saturated rings. The van der Waals surface area contributed by atoms with E-state index in [1.165, 1.54) is 17.7 Å². The maximum Gasteiger partial charge on any atom is 0.252 e. The molecule has 1 atom stereocenters. The van der Waals surface area contributed by atoms with Gasteiger partial charge in [-0.2, -0.15) is 11.3 Å². The summed E-state index contributed by atoms with van der Waals surface area (Å²) in [5.74, 6) is 0.0137. The first kappa shape index (κ1) is 15.7. The van der Waals surface area contributed by atoms with Gasteiger partial charge in [0.25, 0.3) is 5.91 Å². The summed E-state index contributed by atoms with van der Waals surface area (Å²) in [6, 6.07) is 6.01. The van der Waals surface area contributed by atoms with Crippen molar-refractivity contribution in [1.82, 2.24) is 5.32 Å². The molecule has 1 aliphatic rings. The summed E-state index contributed by atoms with van der Waals surface area (Å²) in [4.78, 5) is 14.5. The zero-order valence-electron chi connectivity index (χ0n) is 12.7. The van der Waals surface area contributed by atoms with Gasteiger partial charge in [-0.1, -0.05) is 12.8 Å². The molecule has 2 aromatic rings. The van der Waals surface area contributed by atoms with E-state index in [1.807, 2.05) is 22.9 Å². The Bertz CT molecular complexity index is 625. The third-order valence-corrected chi connectivity index (χ3v) is 6.68. The highest BCUT2D eigenvalue weighted by Gasteiger charge is 2.37. The average molecular weight is 335 g/mol. The molecule has 2 N–H and O–H groups in total. The predicted octanol–water partition coefficient (Wildman–Crippen LogP) is 4.10. The smallest absolute Gasteiger partial charge is 0.252 e. The molecule has 1 amide bonds. The molecule has 3 nitrogen and oxygen atoms in total. The van der Waals surface area contributed by atoms with Crippen LogP contribution in [0.15, 0.2) is 29.0 Å². The second-order valence-electron chi connectivity index (χ2n) is 6.06. The second kappa shape index (κ2) is 6.52. The molecular formula is C17H21NO2S2. The van der Waals surface area contributed by atoms with E-state index in [2.05, 4.69) is 11.4 Å². The summed E-state index contributed by atoms with van der Waals surface area (Å²) >= 11 is 3.23. The van der Waals surface area contributed by atoms with Crippen molar-refractivity contribution in [2.75, 3.05) is 6.54 Å². The van der Waals surface area contributed by atoms with Crippen LogP contribution in [0.1, 0.15) is 58.8 Å². The fraction of sp³-hybridized carbons (Fsp3) is 0.471. The van der Waals surface area contributed by atoms with E-state index in [1.54, 1.807) is 29.6 Å². The topological polar surface area (TPSA) is 49.3 Å². The number of hydrogen-bond donors (Lipinski definition) is 2. The second-order valence-corrected chi connectivity index (χ2v) is 7.96. The maximum absolute atomic E-state index is 12.2. The highest BCUT2D eigenvalue weighted by atomic mass is 32.1. The van der Waals surface area contributed by atoms with Gasteiger partial charge in [0.2, 0.25) is 0 Å². The quantitative estimate of drug-likeness (QED) is 0.864. The van der Waals surface area contributed by atoms with Crippen LogP contribution in [0.3, 0.4) is 0 Å². The van der Waals surface area contributed by atoms with Crippen LogP contribution in [0, 0.1) is 0 Å². The Hall–Kier alpha value is -1.17. The molecule has 0 saturated heterocycles. The lowest BCUT2D eigenvalue weighted by Crippen LogP contribution is -2.38. The Kier molecular flexibility index (Phi) is 4.66. The molecule has 1 unspecified atom stereocenters. The van der Waals surface area contributed by atoms with Gasteiger partial charge in [-0.25, -0.2) is 0 Å². The van der Waals surface area contributed by atoms with Crippen molar-refractivity contribution in [3.8, 4) is 0 Å². The standard InChI is InChI=1S/C17H21NO2S2/c1-12(19)14-4-5-15(22-14)17(7-2-3-8-17)11-18-16(20)13-6-9-21-10-13/h4-6,9-10,12,19H,2-3,7-8,11H2,1H3,(H,18,20). The summed E-state index contributed by atoms with van der Waals surface area (Å²) in [7, 11) is 0. The number of nitrogens with one attached hydrogen (secondary N) is 1. The molecule has 0 aromatic carbocycles. The van der Waals surface area contributed by atoms with Gasteiger partial charge in [-0.15, -0.1) is 11.3 Å². The SMILES string of the molecule is CC(O)c1ccc(C2(CNC(=O)c3ccsc3)CCCC2)s1. The zero-order valence-corrected chi connectivity index (χ0v) is 14.3. The van der Waals surface area contributed by atoms with Crippen molar-refractivity contribution < 1.29 is 9.90 Å². The fourth-order valence-corrected chi connectivity index (χ4v) is 5.00. The predicted molar refractivity (Wildman–Crippen MR) is 91.8 cm³/mol. The highest BCUT2D eigenvalue weighted by molar-refractivity contribution is 7.12. The first-order valence-electron chi connectivity index (χ1n) is 7.69. The van der Waals surface area contributed by atoms with Crippen molar-refractivity contribution in [1.29, 1.82) is 0 Å². The normalized spacial score (nSPS) is 18.3. The molecule has 2 aromatic heterocycles. The lowest BCUT2D eigenvalue weighted by atomic mass is 9.84. The van der Waals surface area contributed by atoms with Crippen molar-refractivity contribution >= 4 is 28.6 Å². The van der Waals surface area contributed by atoms with Crippen molar-refractivity contribution in [3.05, 3.63) is 44.3 Å². The van der Waals surface area contributed by atoms with Crippen LogP contribution in [0.25, 0.3) is 0 Å². The lowest BCUT2D eigenvalue weighted by molar-refractivity contribution is 0.0944. The molecule has 1 saturated carbocycles. The molecule has 1 aliphatic carbocycles. The molecule has 0 bridgehead atoms. The van der Waals surface area contributed by atoms with Crippen molar-refractivity contribution in [2.24, 2.45) is 0 Å². The van der Waals surface area contributed by atoms with Crippen molar-refractivity contribution in [2.45, 2.75) is 44.1 Å². The lowest BCUT2D eigenvalue weighted by Gasteiger charge is -2.28. The van der Waals surface area contributed by atoms with Gasteiger partial charge in [-0.05, 0) is 43.3 Å². The molecule has 118 valence electrons. The zero-order chi connectivity index (χ0) is 15.6. The molecule has 0 aliphatic heterocycles. The Morgan fingerprint density at radius 2 is 2.14 bits per heavy atom. The van der Waals surface area contributed by atoms with Gasteiger partial charge < -0.3 is 10.4 Å². The molecule has 2 heterocycles. The Labute approximate surface area is 139 Å². The van der Waals surface area contributed by atoms with Gasteiger partial charge in [0.1, 0.15) is 0 Å². The summed E-state index contributed by atoms with van der Waals surface area (Å²) < 4.78 is 0. The number of aliphatic hydroxyl groups is 1. The first-order chi connectivity index (χ1) is 10.6. The summed E-state index contributed by atoms with van der Waals surface area (Å²) in [5, 5.41) is 16.7. The van der Waals surface area contributed by atoms with E-state index in [-0.39, 0.29) is 11.3 Å². The minimum absolute atomic E-state index is 0.0137. The van der Waals surface area contributed by atoms with Crippen molar-refractivity contribution in [3.63, 3.8) is 0 Å². The third kappa shape index (κ3) is 3.12. The Balaban J connectivity index is 1.75. The van der Waals surface area contributed by atoms with E-state index in [4.69, 9.17) is 0 Å². The number of rotatable bonds is 5. The largest absolute Gasteiger partial charge is 0.388 e. The monoisotopic (exact) mass is 335 g/mol. The van der Waals surface area contributed by atoms with Crippen LogP contribution in [0.4, 0.5) is 0 Å². The minimum atomic E-state index is -0.419. The average Bonchev–Trinajstić information content (AvgIpc) is 3.24. The third-order valence-electron chi connectivity index (χ3n) is 4.49. The molecule has 5 heteroatoms. The number of carbonyl (C=O) groups excluding carboxylic acids is 1. The first-order valence-corrected chi connectivity index (χ1v) is 9.45. The van der Waals surface area contributed by atoms with Gasteiger partial charge in [0.15, 0.2) is 0 Å². The van der Waals surface area contributed by atoms with Gasteiger partial charge >= 0.3 is 0 Å². The maximum atomic E-state index is 12.2. The summed E-state index contributed by atoms with van der Waals surface area (Å²) in [6.07, 6.45) is 4.21. The van der Waals surface area contributed by atoms with Gasteiger partial charge in [-0.3, -0.25) is 4.79 Å². The fourth-order valence-electron chi connectivity index (χ4n) is 3.17. The highest BCUT2D eigenvalue weighted by Crippen LogP contribution is 2.44. The number of hydrogen-bond acceptors (Lipinski definition) is 4. The summed E-state index contributed by atoms with van der Waals surface area (Å²) in [5.41, 5.74) is 0.790. The Morgan fingerprint density at radius 3 is 2.73 bits per heavy atom. The van der Waals surface area contributed by atoms with E-state index >= 15 is 0 Å². The van der Waals surface area contributed by atoms with Crippen LogP contribution in [0.5, 0.6) is 0 Å². The number of thiophene rings is 2. The summed E-state index contributed by atoms with van der Waals surface area (Å²) in [6.45, 7) is 2.48. The molecular weight excluding hydrogens is 314 g/mol. The molecule has 0 radical (unpaired) electrons. The molecule has 0 spiro atoms.